The topological polar surface area (TPSA) is 63.4 Å². The molecule has 2 rings (SSSR count). The van der Waals surface area contributed by atoms with Crippen LogP contribution in [0.1, 0.15) is 26.2 Å². The predicted molar refractivity (Wildman–Crippen MR) is 80.3 cm³/mol. The Morgan fingerprint density at radius 2 is 2.21 bits per heavy atom. The smallest absolute Gasteiger partial charge is 0.245 e. The summed E-state index contributed by atoms with van der Waals surface area (Å²) >= 11 is 3.30. The summed E-state index contributed by atoms with van der Waals surface area (Å²) in [6.07, 6.45) is 3.12. The molecule has 1 heterocycles. The Morgan fingerprint density at radius 3 is 2.89 bits per heavy atom. The van der Waals surface area contributed by atoms with Crippen molar-refractivity contribution in [2.75, 3.05) is 18.8 Å². The lowest BCUT2D eigenvalue weighted by Crippen LogP contribution is -2.29. The Bertz CT molecular complexity index is 560. The Kier molecular flexibility index (Phi) is 4.53. The highest BCUT2D eigenvalue weighted by atomic mass is 79.9. The van der Waals surface area contributed by atoms with E-state index in [1.807, 2.05) is 0 Å². The van der Waals surface area contributed by atoms with E-state index >= 15 is 0 Å². The van der Waals surface area contributed by atoms with Crippen molar-refractivity contribution in [2.45, 2.75) is 31.1 Å². The van der Waals surface area contributed by atoms with Crippen molar-refractivity contribution < 1.29 is 8.42 Å². The molecule has 106 valence electrons. The minimum absolute atomic E-state index is 0.207. The summed E-state index contributed by atoms with van der Waals surface area (Å²) in [7, 11) is -3.46. The molecule has 0 aliphatic carbocycles. The number of nitrogens with zero attached hydrogens (tertiary/aromatic N) is 1. The normalized spacial score (nSPS) is 20.8. The molecule has 0 bridgehead atoms. The van der Waals surface area contributed by atoms with Gasteiger partial charge in [0.25, 0.3) is 0 Å². The molecular weight excluding hydrogens is 328 g/mol. The SMILES string of the molecule is CCCC1CCN(S(=O)(=O)c2cc(Br)ccc2N)C1. The first kappa shape index (κ1) is 14.8. The zero-order valence-electron chi connectivity index (χ0n) is 11.0. The van der Waals surface area contributed by atoms with Gasteiger partial charge in [0.15, 0.2) is 0 Å². The molecule has 1 aliphatic heterocycles. The third kappa shape index (κ3) is 3.12. The van der Waals surface area contributed by atoms with E-state index in [-0.39, 0.29) is 4.90 Å². The minimum atomic E-state index is -3.46. The van der Waals surface area contributed by atoms with Crippen LogP contribution in [0.25, 0.3) is 0 Å². The zero-order chi connectivity index (χ0) is 14.0. The van der Waals surface area contributed by atoms with Crippen LogP contribution in [-0.4, -0.2) is 25.8 Å². The van der Waals surface area contributed by atoms with Crippen molar-refractivity contribution >= 4 is 31.6 Å². The van der Waals surface area contributed by atoms with Gasteiger partial charge in [0.1, 0.15) is 4.90 Å². The number of anilines is 1. The van der Waals surface area contributed by atoms with Gasteiger partial charge < -0.3 is 5.73 Å². The predicted octanol–water partition coefficient (Wildman–Crippen LogP) is 2.84. The third-order valence-corrected chi connectivity index (χ3v) is 5.95. The van der Waals surface area contributed by atoms with Crippen molar-refractivity contribution in [2.24, 2.45) is 5.92 Å². The fraction of sp³-hybridized carbons (Fsp3) is 0.538. The Hall–Kier alpha value is -0.590. The van der Waals surface area contributed by atoms with Crippen molar-refractivity contribution in [3.05, 3.63) is 22.7 Å². The third-order valence-electron chi connectivity index (χ3n) is 3.54. The second-order valence-corrected chi connectivity index (χ2v) is 7.81. The van der Waals surface area contributed by atoms with Crippen LogP contribution < -0.4 is 5.73 Å². The number of hydrogen-bond acceptors (Lipinski definition) is 3. The summed E-state index contributed by atoms with van der Waals surface area (Å²) in [5.41, 5.74) is 6.12. The van der Waals surface area contributed by atoms with Gasteiger partial charge in [0.05, 0.1) is 5.69 Å². The molecule has 1 fully saturated rings. The van der Waals surface area contributed by atoms with Crippen LogP contribution in [0.4, 0.5) is 5.69 Å². The number of halogens is 1. The number of sulfonamides is 1. The van der Waals surface area contributed by atoms with Crippen LogP contribution in [0.3, 0.4) is 0 Å². The van der Waals surface area contributed by atoms with Crippen molar-refractivity contribution in [3.63, 3.8) is 0 Å². The van der Waals surface area contributed by atoms with E-state index in [2.05, 4.69) is 22.9 Å². The maximum atomic E-state index is 12.6. The van der Waals surface area contributed by atoms with E-state index in [1.54, 1.807) is 22.5 Å². The maximum absolute atomic E-state index is 12.6. The van der Waals surface area contributed by atoms with E-state index in [9.17, 15) is 8.42 Å². The van der Waals surface area contributed by atoms with E-state index in [0.717, 1.165) is 23.7 Å². The highest BCUT2D eigenvalue weighted by Crippen LogP contribution is 2.30. The van der Waals surface area contributed by atoms with Gasteiger partial charge in [-0.2, -0.15) is 4.31 Å². The standard InChI is InChI=1S/C13H19BrN2O2S/c1-2-3-10-6-7-16(9-10)19(17,18)13-8-11(14)4-5-12(13)15/h4-5,8,10H,2-3,6-7,9,15H2,1H3. The van der Waals surface area contributed by atoms with Crippen LogP contribution in [0.5, 0.6) is 0 Å². The van der Waals surface area contributed by atoms with Crippen molar-refractivity contribution in [3.8, 4) is 0 Å². The molecule has 1 saturated heterocycles. The Labute approximate surface area is 123 Å². The summed E-state index contributed by atoms with van der Waals surface area (Å²) in [5, 5.41) is 0. The minimum Gasteiger partial charge on any atom is -0.398 e. The van der Waals surface area contributed by atoms with E-state index in [0.29, 0.717) is 24.7 Å². The van der Waals surface area contributed by atoms with Gasteiger partial charge in [-0.15, -0.1) is 0 Å². The quantitative estimate of drug-likeness (QED) is 0.852. The maximum Gasteiger partial charge on any atom is 0.245 e. The first-order chi connectivity index (χ1) is 8.95. The molecule has 1 aromatic carbocycles. The van der Waals surface area contributed by atoms with Gasteiger partial charge >= 0.3 is 0 Å². The number of benzene rings is 1. The molecule has 2 N–H and O–H groups in total. The average molecular weight is 347 g/mol. The fourth-order valence-electron chi connectivity index (χ4n) is 2.53. The van der Waals surface area contributed by atoms with Crippen LogP contribution in [0.15, 0.2) is 27.6 Å². The van der Waals surface area contributed by atoms with E-state index < -0.39 is 10.0 Å². The van der Waals surface area contributed by atoms with Gasteiger partial charge in [-0.25, -0.2) is 8.42 Å². The molecular formula is C13H19BrN2O2S. The summed E-state index contributed by atoms with van der Waals surface area (Å²) in [6.45, 7) is 3.34. The van der Waals surface area contributed by atoms with Crippen LogP contribution in [0.2, 0.25) is 0 Å². The molecule has 0 saturated carbocycles. The summed E-state index contributed by atoms with van der Waals surface area (Å²) in [5.74, 6) is 0.480. The summed E-state index contributed by atoms with van der Waals surface area (Å²) in [4.78, 5) is 0.207. The second kappa shape index (κ2) is 5.81. The number of rotatable bonds is 4. The zero-order valence-corrected chi connectivity index (χ0v) is 13.4. The highest BCUT2D eigenvalue weighted by molar-refractivity contribution is 9.10. The molecule has 1 aliphatic rings. The lowest BCUT2D eigenvalue weighted by molar-refractivity contribution is 0.445. The summed E-state index contributed by atoms with van der Waals surface area (Å²) in [6, 6.07) is 4.95. The van der Waals surface area contributed by atoms with E-state index in [4.69, 9.17) is 5.73 Å². The highest BCUT2D eigenvalue weighted by Gasteiger charge is 2.33. The van der Waals surface area contributed by atoms with Crippen LogP contribution >= 0.6 is 15.9 Å². The molecule has 0 amide bonds. The van der Waals surface area contributed by atoms with Gasteiger partial charge in [-0.3, -0.25) is 0 Å². The first-order valence-corrected chi connectivity index (χ1v) is 8.73. The monoisotopic (exact) mass is 346 g/mol. The molecule has 1 atom stereocenters. The van der Waals surface area contributed by atoms with Crippen molar-refractivity contribution in [1.29, 1.82) is 0 Å². The molecule has 19 heavy (non-hydrogen) atoms. The average Bonchev–Trinajstić information content (AvgIpc) is 2.82. The number of nitrogens with two attached hydrogens (primary N) is 1. The first-order valence-electron chi connectivity index (χ1n) is 6.50. The molecule has 6 heteroatoms. The number of hydrogen-bond donors (Lipinski definition) is 1. The van der Waals surface area contributed by atoms with Gasteiger partial charge in [-0.1, -0.05) is 29.3 Å². The Morgan fingerprint density at radius 1 is 1.47 bits per heavy atom. The summed E-state index contributed by atoms with van der Waals surface area (Å²) < 4.78 is 27.5. The Balaban J connectivity index is 2.26. The van der Waals surface area contributed by atoms with Gasteiger partial charge in [0.2, 0.25) is 10.0 Å². The molecule has 1 unspecified atom stereocenters. The van der Waals surface area contributed by atoms with Gasteiger partial charge in [0, 0.05) is 17.6 Å². The molecule has 4 nitrogen and oxygen atoms in total. The van der Waals surface area contributed by atoms with Crippen molar-refractivity contribution in [1.82, 2.24) is 4.31 Å². The fourth-order valence-corrected chi connectivity index (χ4v) is 4.72. The lowest BCUT2D eigenvalue weighted by atomic mass is 10.0. The molecule has 1 aromatic rings. The molecule has 0 aromatic heterocycles. The molecule has 0 radical (unpaired) electrons. The van der Waals surface area contributed by atoms with Crippen LogP contribution in [-0.2, 0) is 10.0 Å². The van der Waals surface area contributed by atoms with E-state index in [1.165, 1.54) is 0 Å². The molecule has 0 spiro atoms. The van der Waals surface area contributed by atoms with Crippen LogP contribution in [0, 0.1) is 5.92 Å². The largest absolute Gasteiger partial charge is 0.398 e. The van der Waals surface area contributed by atoms with Gasteiger partial charge in [-0.05, 0) is 37.0 Å². The second-order valence-electron chi connectivity index (χ2n) is 4.99. The number of nitrogen functional groups attached to an aromatic ring is 1. The lowest BCUT2D eigenvalue weighted by Gasteiger charge is -2.18.